The van der Waals surface area contributed by atoms with Gasteiger partial charge in [0, 0.05) is 5.56 Å². The second-order valence-electron chi connectivity index (χ2n) is 2.99. The van der Waals surface area contributed by atoms with E-state index in [1.165, 1.54) is 25.5 Å². The topological polar surface area (TPSA) is 114 Å². The number of carbonyl (C=O) groups is 2. The monoisotopic (exact) mass is 237 g/mol. The molecule has 0 heterocycles. The Hall–Kier alpha value is -2.57. The predicted molar refractivity (Wildman–Crippen MR) is 60.3 cm³/mol. The number of hydrogen-bond acceptors (Lipinski definition) is 4. The van der Waals surface area contributed by atoms with Gasteiger partial charge in [-0.1, -0.05) is 0 Å². The molecule has 1 aromatic rings. The number of urea groups is 1. The van der Waals surface area contributed by atoms with E-state index in [9.17, 15) is 9.59 Å². The smallest absolute Gasteiger partial charge is 0.336 e. The van der Waals surface area contributed by atoms with Crippen LogP contribution in [0.25, 0.3) is 0 Å². The zero-order valence-corrected chi connectivity index (χ0v) is 9.01. The van der Waals surface area contributed by atoms with Crippen LogP contribution in [0.1, 0.15) is 15.9 Å². The molecule has 17 heavy (non-hydrogen) atoms. The molecular formula is C10H11N3O4. The lowest BCUT2D eigenvalue weighted by Gasteiger charge is -2.04. The first kappa shape index (κ1) is 12.5. The molecule has 0 bridgehead atoms. The molecule has 0 saturated carbocycles. The standard InChI is InChI=1S/C10H11N3O4/c1-17-7-3-2-6(5-12-13-10(11)16)8(4-7)9(14)15/h2-5H,1H3,(H,14,15)(H3,11,13,16). The summed E-state index contributed by atoms with van der Waals surface area (Å²) in [5.74, 6) is -0.702. The fourth-order valence-corrected chi connectivity index (χ4v) is 1.13. The van der Waals surface area contributed by atoms with Crippen LogP contribution in [0.3, 0.4) is 0 Å². The highest BCUT2D eigenvalue weighted by Gasteiger charge is 2.09. The normalized spacial score (nSPS) is 10.2. The number of hydrogen-bond donors (Lipinski definition) is 3. The number of nitrogens with one attached hydrogen (secondary N) is 1. The van der Waals surface area contributed by atoms with Gasteiger partial charge in [-0.2, -0.15) is 5.10 Å². The summed E-state index contributed by atoms with van der Waals surface area (Å²) in [6.45, 7) is 0. The lowest BCUT2D eigenvalue weighted by atomic mass is 10.1. The first-order valence-corrected chi connectivity index (χ1v) is 4.54. The summed E-state index contributed by atoms with van der Waals surface area (Å²) in [7, 11) is 1.43. The molecule has 7 nitrogen and oxygen atoms in total. The summed E-state index contributed by atoms with van der Waals surface area (Å²) >= 11 is 0. The van der Waals surface area contributed by atoms with E-state index >= 15 is 0 Å². The summed E-state index contributed by atoms with van der Waals surface area (Å²) in [6, 6.07) is 3.62. The van der Waals surface area contributed by atoms with Crippen LogP contribution in [0.15, 0.2) is 23.3 Å². The predicted octanol–water partition coefficient (Wildman–Crippen LogP) is 0.396. The summed E-state index contributed by atoms with van der Waals surface area (Å²) in [5.41, 5.74) is 7.11. The van der Waals surface area contributed by atoms with E-state index in [2.05, 4.69) is 5.10 Å². The Bertz CT molecular complexity index is 471. The van der Waals surface area contributed by atoms with Crippen molar-refractivity contribution in [1.82, 2.24) is 5.43 Å². The van der Waals surface area contributed by atoms with E-state index in [1.807, 2.05) is 5.43 Å². The molecule has 0 fully saturated rings. The minimum absolute atomic E-state index is 0.0133. The lowest BCUT2D eigenvalue weighted by Crippen LogP contribution is -2.24. The van der Waals surface area contributed by atoms with E-state index in [4.69, 9.17) is 15.6 Å². The molecule has 2 amide bonds. The Labute approximate surface area is 96.9 Å². The molecule has 0 aliphatic carbocycles. The fraction of sp³-hybridized carbons (Fsp3) is 0.100. The van der Waals surface area contributed by atoms with Crippen molar-refractivity contribution in [2.75, 3.05) is 7.11 Å². The van der Waals surface area contributed by atoms with E-state index in [-0.39, 0.29) is 5.56 Å². The van der Waals surface area contributed by atoms with Crippen molar-refractivity contribution < 1.29 is 19.4 Å². The molecule has 7 heteroatoms. The van der Waals surface area contributed by atoms with Gasteiger partial charge >= 0.3 is 12.0 Å². The SMILES string of the molecule is COc1ccc(C=NNC(N)=O)c(C(=O)O)c1. The molecule has 1 rings (SSSR count). The number of primary amides is 1. The van der Waals surface area contributed by atoms with Crippen LogP contribution in [-0.2, 0) is 0 Å². The largest absolute Gasteiger partial charge is 0.497 e. The number of carboxylic acid groups (broad SMARTS) is 1. The van der Waals surface area contributed by atoms with Gasteiger partial charge in [0.25, 0.3) is 0 Å². The molecule has 90 valence electrons. The second-order valence-corrected chi connectivity index (χ2v) is 2.99. The molecule has 0 saturated heterocycles. The number of methoxy groups -OCH3 is 1. The van der Waals surface area contributed by atoms with E-state index < -0.39 is 12.0 Å². The molecule has 0 aliphatic rings. The molecule has 0 aliphatic heterocycles. The number of ether oxygens (including phenoxy) is 1. The van der Waals surface area contributed by atoms with Gasteiger partial charge in [0.2, 0.25) is 0 Å². The summed E-state index contributed by atoms with van der Waals surface area (Å²) in [4.78, 5) is 21.3. The van der Waals surface area contributed by atoms with Gasteiger partial charge in [0.1, 0.15) is 5.75 Å². The van der Waals surface area contributed by atoms with Gasteiger partial charge < -0.3 is 15.6 Å². The molecule has 0 spiro atoms. The Morgan fingerprint density at radius 3 is 2.76 bits per heavy atom. The van der Waals surface area contributed by atoms with Gasteiger partial charge in [-0.05, 0) is 18.2 Å². The zero-order chi connectivity index (χ0) is 12.8. The molecule has 1 aromatic carbocycles. The molecule has 0 aromatic heterocycles. The quantitative estimate of drug-likeness (QED) is 0.519. The van der Waals surface area contributed by atoms with Gasteiger partial charge in [-0.3, -0.25) is 0 Å². The highest BCUT2D eigenvalue weighted by atomic mass is 16.5. The van der Waals surface area contributed by atoms with E-state index in [1.54, 1.807) is 6.07 Å². The van der Waals surface area contributed by atoms with Gasteiger partial charge in [-0.25, -0.2) is 15.0 Å². The van der Waals surface area contributed by atoms with Crippen molar-refractivity contribution in [2.45, 2.75) is 0 Å². The maximum absolute atomic E-state index is 11.0. The van der Waals surface area contributed by atoms with Crippen molar-refractivity contribution in [2.24, 2.45) is 10.8 Å². The first-order chi connectivity index (χ1) is 8.04. The highest BCUT2D eigenvalue weighted by molar-refractivity contribution is 5.99. The number of amides is 2. The summed E-state index contributed by atoms with van der Waals surface area (Å²) < 4.78 is 4.91. The van der Waals surface area contributed by atoms with Gasteiger partial charge in [0.05, 0.1) is 18.9 Å². The van der Waals surface area contributed by atoms with Crippen LogP contribution in [0.2, 0.25) is 0 Å². The number of benzene rings is 1. The Morgan fingerprint density at radius 2 is 2.24 bits per heavy atom. The number of carboxylic acids is 1. The Kier molecular flexibility index (Phi) is 4.04. The Balaban J connectivity index is 3.02. The van der Waals surface area contributed by atoms with E-state index in [0.29, 0.717) is 11.3 Å². The van der Waals surface area contributed by atoms with Gasteiger partial charge in [-0.15, -0.1) is 0 Å². The van der Waals surface area contributed by atoms with Crippen LogP contribution in [0.4, 0.5) is 4.79 Å². The van der Waals surface area contributed by atoms with Crippen LogP contribution in [-0.4, -0.2) is 30.4 Å². The molecule has 0 unspecified atom stereocenters. The molecule has 0 radical (unpaired) electrons. The molecular weight excluding hydrogens is 226 g/mol. The zero-order valence-electron chi connectivity index (χ0n) is 9.01. The van der Waals surface area contributed by atoms with E-state index in [0.717, 1.165) is 0 Å². The number of carbonyl (C=O) groups excluding carboxylic acids is 1. The third kappa shape index (κ3) is 3.49. The van der Waals surface area contributed by atoms with Crippen molar-refractivity contribution >= 4 is 18.2 Å². The molecule has 4 N–H and O–H groups in total. The third-order valence-electron chi connectivity index (χ3n) is 1.87. The fourth-order valence-electron chi connectivity index (χ4n) is 1.13. The van der Waals surface area contributed by atoms with Crippen LogP contribution in [0, 0.1) is 0 Å². The lowest BCUT2D eigenvalue weighted by molar-refractivity contribution is 0.0696. The minimum atomic E-state index is -1.12. The number of aromatic carboxylic acids is 1. The Morgan fingerprint density at radius 1 is 1.53 bits per heavy atom. The highest BCUT2D eigenvalue weighted by Crippen LogP contribution is 2.16. The second kappa shape index (κ2) is 5.50. The summed E-state index contributed by atoms with van der Waals surface area (Å²) in [6.07, 6.45) is 1.19. The number of hydrazone groups is 1. The van der Waals surface area contributed by atoms with Crippen LogP contribution in [0.5, 0.6) is 5.75 Å². The average Bonchev–Trinajstić information content (AvgIpc) is 2.28. The average molecular weight is 237 g/mol. The maximum Gasteiger partial charge on any atom is 0.336 e. The van der Waals surface area contributed by atoms with Gasteiger partial charge in [0.15, 0.2) is 0 Å². The number of nitrogens with two attached hydrogens (primary N) is 1. The number of nitrogens with zero attached hydrogens (tertiary/aromatic N) is 1. The first-order valence-electron chi connectivity index (χ1n) is 4.54. The summed E-state index contributed by atoms with van der Waals surface area (Å²) in [5, 5.41) is 12.5. The number of rotatable bonds is 4. The minimum Gasteiger partial charge on any atom is -0.497 e. The maximum atomic E-state index is 11.0. The van der Waals surface area contributed by atoms with Crippen molar-refractivity contribution in [3.05, 3.63) is 29.3 Å². The van der Waals surface area contributed by atoms with Crippen LogP contribution < -0.4 is 15.9 Å². The van der Waals surface area contributed by atoms with Crippen molar-refractivity contribution in [3.8, 4) is 5.75 Å². The molecule has 0 atom stereocenters. The third-order valence-corrected chi connectivity index (χ3v) is 1.87. The van der Waals surface area contributed by atoms with Crippen molar-refractivity contribution in [1.29, 1.82) is 0 Å². The van der Waals surface area contributed by atoms with Crippen molar-refractivity contribution in [3.63, 3.8) is 0 Å². The van der Waals surface area contributed by atoms with Crippen LogP contribution >= 0.6 is 0 Å².